The summed E-state index contributed by atoms with van der Waals surface area (Å²) >= 11 is 6.28. The Morgan fingerprint density at radius 2 is 2.07 bits per heavy atom. The number of para-hydroxylation sites is 1. The van der Waals surface area contributed by atoms with E-state index in [9.17, 15) is 4.79 Å². The van der Waals surface area contributed by atoms with Crippen molar-refractivity contribution < 1.29 is 9.53 Å². The number of benzene rings is 1. The zero-order valence-corrected chi connectivity index (χ0v) is 16.2. The van der Waals surface area contributed by atoms with E-state index < -0.39 is 0 Å². The molecule has 1 aliphatic rings. The summed E-state index contributed by atoms with van der Waals surface area (Å²) in [5.41, 5.74) is 1.42. The van der Waals surface area contributed by atoms with Crippen molar-refractivity contribution in [2.24, 2.45) is 0 Å². The molecular weight excluding hydrogens is 378 g/mol. The molecule has 1 aromatic carbocycles. The van der Waals surface area contributed by atoms with Gasteiger partial charge in [0.1, 0.15) is 5.82 Å². The molecule has 2 aromatic heterocycles. The lowest BCUT2D eigenvalue weighted by Crippen LogP contribution is -2.38. The van der Waals surface area contributed by atoms with Gasteiger partial charge in [0.2, 0.25) is 5.82 Å². The Bertz CT molecular complexity index is 970. The van der Waals surface area contributed by atoms with Crippen molar-refractivity contribution in [2.75, 3.05) is 18.1 Å². The van der Waals surface area contributed by atoms with Gasteiger partial charge in [0.15, 0.2) is 0 Å². The number of ether oxygens (including phenoxy) is 1. The van der Waals surface area contributed by atoms with Gasteiger partial charge < -0.3 is 9.64 Å². The normalized spacial score (nSPS) is 16.3. The highest BCUT2D eigenvalue weighted by atomic mass is 35.5. The summed E-state index contributed by atoms with van der Waals surface area (Å²) in [6.07, 6.45) is 5.25. The van der Waals surface area contributed by atoms with E-state index in [0.717, 1.165) is 25.1 Å². The maximum atomic E-state index is 13.3. The van der Waals surface area contributed by atoms with Crippen molar-refractivity contribution in [3.05, 3.63) is 65.5 Å². The van der Waals surface area contributed by atoms with Crippen LogP contribution in [0.15, 0.2) is 48.8 Å². The Balaban J connectivity index is 1.67. The van der Waals surface area contributed by atoms with Gasteiger partial charge in [-0.2, -0.15) is 0 Å². The van der Waals surface area contributed by atoms with Crippen LogP contribution in [0, 0.1) is 6.92 Å². The van der Waals surface area contributed by atoms with Crippen LogP contribution in [0.25, 0.3) is 5.69 Å². The third kappa shape index (κ3) is 3.76. The number of carbonyl (C=O) groups excluding carboxylic acids is 1. The fourth-order valence-electron chi connectivity index (χ4n) is 3.27. The Labute approximate surface area is 167 Å². The number of carbonyl (C=O) groups is 1. The standard InChI is InChI=1S/C20H20ClN5O2/c1-14-23-19(24-26(14)18-7-3-2-6-17(18)21)20(27)25(13-16-5-4-12-28-16)15-8-10-22-11-9-15/h2-3,6-11,16H,4-5,12-13H2,1H3. The largest absolute Gasteiger partial charge is 0.376 e. The molecule has 1 saturated heterocycles. The van der Waals surface area contributed by atoms with Crippen LogP contribution in [0.4, 0.5) is 5.69 Å². The van der Waals surface area contributed by atoms with E-state index in [1.807, 2.05) is 18.2 Å². The maximum Gasteiger partial charge on any atom is 0.298 e. The minimum absolute atomic E-state index is 0.00358. The van der Waals surface area contributed by atoms with Crippen molar-refractivity contribution in [1.29, 1.82) is 0 Å². The summed E-state index contributed by atoms with van der Waals surface area (Å²) < 4.78 is 7.32. The molecule has 1 amide bonds. The summed E-state index contributed by atoms with van der Waals surface area (Å²) in [5, 5.41) is 4.98. The van der Waals surface area contributed by atoms with Gasteiger partial charge in [0.25, 0.3) is 5.91 Å². The fraction of sp³-hybridized carbons (Fsp3) is 0.300. The average molecular weight is 398 g/mol. The van der Waals surface area contributed by atoms with E-state index in [0.29, 0.717) is 23.1 Å². The first kappa shape index (κ1) is 18.6. The first-order valence-corrected chi connectivity index (χ1v) is 9.53. The lowest BCUT2D eigenvalue weighted by atomic mass is 10.2. The van der Waals surface area contributed by atoms with Crippen LogP contribution >= 0.6 is 11.6 Å². The van der Waals surface area contributed by atoms with E-state index in [1.165, 1.54) is 0 Å². The van der Waals surface area contributed by atoms with E-state index >= 15 is 0 Å². The van der Waals surface area contributed by atoms with Crippen molar-refractivity contribution in [2.45, 2.75) is 25.9 Å². The van der Waals surface area contributed by atoms with Crippen molar-refractivity contribution in [3.63, 3.8) is 0 Å². The molecule has 3 heterocycles. The first-order valence-electron chi connectivity index (χ1n) is 9.15. The monoisotopic (exact) mass is 397 g/mol. The molecule has 1 aliphatic heterocycles. The van der Waals surface area contributed by atoms with E-state index in [2.05, 4.69) is 15.1 Å². The molecular formula is C20H20ClN5O2. The van der Waals surface area contributed by atoms with E-state index in [-0.39, 0.29) is 17.8 Å². The Kier molecular flexibility index (Phi) is 5.36. The lowest BCUT2D eigenvalue weighted by molar-refractivity contribution is 0.0909. The number of aryl methyl sites for hydroxylation is 1. The van der Waals surface area contributed by atoms with Crippen molar-refractivity contribution in [1.82, 2.24) is 19.7 Å². The smallest absolute Gasteiger partial charge is 0.298 e. The van der Waals surface area contributed by atoms with Gasteiger partial charge in [-0.25, -0.2) is 9.67 Å². The van der Waals surface area contributed by atoms with Gasteiger partial charge in [-0.15, -0.1) is 5.10 Å². The van der Waals surface area contributed by atoms with Gasteiger partial charge in [-0.1, -0.05) is 23.7 Å². The Morgan fingerprint density at radius 1 is 1.29 bits per heavy atom. The summed E-state index contributed by atoms with van der Waals surface area (Å²) in [6, 6.07) is 10.9. The second kappa shape index (κ2) is 8.08. The molecule has 1 unspecified atom stereocenters. The zero-order valence-electron chi connectivity index (χ0n) is 15.5. The molecule has 0 saturated carbocycles. The third-order valence-corrected chi connectivity index (χ3v) is 4.99. The summed E-state index contributed by atoms with van der Waals surface area (Å²) in [7, 11) is 0. The van der Waals surface area contributed by atoms with Gasteiger partial charge >= 0.3 is 0 Å². The summed E-state index contributed by atoms with van der Waals surface area (Å²) in [5.74, 6) is 0.422. The van der Waals surface area contributed by atoms with Crippen LogP contribution in [0.2, 0.25) is 5.02 Å². The summed E-state index contributed by atoms with van der Waals surface area (Å²) in [4.78, 5) is 23.4. The molecule has 1 atom stereocenters. The molecule has 0 aliphatic carbocycles. The number of nitrogens with zero attached hydrogens (tertiary/aromatic N) is 5. The molecule has 3 aromatic rings. The number of anilines is 1. The predicted octanol–water partition coefficient (Wildman–Crippen LogP) is 3.45. The molecule has 4 rings (SSSR count). The highest BCUT2D eigenvalue weighted by molar-refractivity contribution is 6.32. The van der Waals surface area contributed by atoms with Gasteiger partial charge in [0.05, 0.1) is 23.4 Å². The average Bonchev–Trinajstić information content (AvgIpc) is 3.36. The van der Waals surface area contributed by atoms with Crippen LogP contribution in [0.3, 0.4) is 0 Å². The lowest BCUT2D eigenvalue weighted by Gasteiger charge is -2.24. The van der Waals surface area contributed by atoms with Crippen LogP contribution in [0.1, 0.15) is 29.3 Å². The molecule has 8 heteroatoms. The molecule has 1 fully saturated rings. The van der Waals surface area contributed by atoms with Gasteiger partial charge in [-0.3, -0.25) is 9.78 Å². The number of pyridine rings is 1. The third-order valence-electron chi connectivity index (χ3n) is 4.67. The highest BCUT2D eigenvalue weighted by Gasteiger charge is 2.28. The number of hydrogen-bond acceptors (Lipinski definition) is 5. The molecule has 0 radical (unpaired) electrons. The van der Waals surface area contributed by atoms with Gasteiger partial charge in [-0.05, 0) is 44.0 Å². The fourth-order valence-corrected chi connectivity index (χ4v) is 3.49. The highest BCUT2D eigenvalue weighted by Crippen LogP contribution is 2.23. The van der Waals surface area contributed by atoms with E-state index in [1.54, 1.807) is 47.1 Å². The van der Waals surface area contributed by atoms with Crippen LogP contribution in [-0.4, -0.2) is 44.9 Å². The SMILES string of the molecule is Cc1nc(C(=O)N(CC2CCCO2)c2ccncc2)nn1-c1ccccc1Cl. The van der Waals surface area contributed by atoms with Crippen molar-refractivity contribution >= 4 is 23.2 Å². The number of aromatic nitrogens is 4. The first-order chi connectivity index (χ1) is 13.6. The second-order valence-corrected chi connectivity index (χ2v) is 7.01. The van der Waals surface area contributed by atoms with Crippen LogP contribution in [0.5, 0.6) is 0 Å². The van der Waals surface area contributed by atoms with E-state index in [4.69, 9.17) is 16.3 Å². The number of amides is 1. The maximum absolute atomic E-state index is 13.3. The summed E-state index contributed by atoms with van der Waals surface area (Å²) in [6.45, 7) is 2.97. The van der Waals surface area contributed by atoms with Gasteiger partial charge in [0, 0.05) is 24.7 Å². The number of rotatable bonds is 5. The Hall–Kier alpha value is -2.77. The molecule has 0 N–H and O–H groups in total. The molecule has 144 valence electrons. The number of halogens is 1. The molecule has 7 nitrogen and oxygen atoms in total. The minimum atomic E-state index is -0.282. The van der Waals surface area contributed by atoms with Crippen LogP contribution in [-0.2, 0) is 4.74 Å². The Morgan fingerprint density at radius 3 is 2.79 bits per heavy atom. The molecule has 28 heavy (non-hydrogen) atoms. The quantitative estimate of drug-likeness (QED) is 0.659. The van der Waals surface area contributed by atoms with Crippen LogP contribution < -0.4 is 4.90 Å². The molecule has 0 spiro atoms. The second-order valence-electron chi connectivity index (χ2n) is 6.60. The van der Waals surface area contributed by atoms with Crippen molar-refractivity contribution in [3.8, 4) is 5.69 Å². The zero-order chi connectivity index (χ0) is 19.5. The number of hydrogen-bond donors (Lipinski definition) is 0. The topological polar surface area (TPSA) is 73.1 Å². The minimum Gasteiger partial charge on any atom is -0.376 e. The predicted molar refractivity (Wildman–Crippen MR) is 106 cm³/mol. The molecule has 0 bridgehead atoms.